The van der Waals surface area contributed by atoms with Gasteiger partial charge in [0.15, 0.2) is 0 Å². The first-order valence-electron chi connectivity index (χ1n) is 8.11. The first-order chi connectivity index (χ1) is 11.2. The molecule has 0 aromatic carbocycles. The maximum Gasteiger partial charge on any atom is 0.134 e. The molecule has 7 nitrogen and oxygen atoms in total. The van der Waals surface area contributed by atoms with Gasteiger partial charge < -0.3 is 19.5 Å². The van der Waals surface area contributed by atoms with Crippen LogP contribution in [0.25, 0.3) is 0 Å². The monoisotopic (exact) mass is 316 g/mol. The lowest BCUT2D eigenvalue weighted by Gasteiger charge is -2.27. The topological polar surface area (TPSA) is 68.1 Å². The molecule has 1 aliphatic rings. The standard InChI is InChI=1S/C16H24N6O/c1-13(2)11-22-4-3-17-16(22)10-18-14-9-15(20-12-19-14)21-5-7-23-8-6-21/h3-4,9,12-13H,5-8,10-11H2,1-2H3,(H,18,19,20). The predicted octanol–water partition coefficient (Wildman–Crippen LogP) is 1.78. The lowest BCUT2D eigenvalue weighted by Crippen LogP contribution is -2.36. The third-order valence-electron chi connectivity index (χ3n) is 3.78. The fraction of sp³-hybridized carbons (Fsp3) is 0.562. The van der Waals surface area contributed by atoms with Crippen molar-refractivity contribution in [2.45, 2.75) is 26.9 Å². The number of anilines is 2. The Morgan fingerprint density at radius 1 is 1.22 bits per heavy atom. The van der Waals surface area contributed by atoms with Crippen molar-refractivity contribution in [1.82, 2.24) is 19.5 Å². The molecular weight excluding hydrogens is 292 g/mol. The summed E-state index contributed by atoms with van der Waals surface area (Å²) in [5.41, 5.74) is 0. The Hall–Kier alpha value is -2.15. The van der Waals surface area contributed by atoms with E-state index < -0.39 is 0 Å². The molecular formula is C16H24N6O. The predicted molar refractivity (Wildman–Crippen MR) is 89.5 cm³/mol. The van der Waals surface area contributed by atoms with Crippen molar-refractivity contribution < 1.29 is 4.74 Å². The Labute approximate surface area is 136 Å². The molecule has 124 valence electrons. The molecule has 0 saturated carbocycles. The van der Waals surface area contributed by atoms with E-state index in [2.05, 4.69) is 43.6 Å². The van der Waals surface area contributed by atoms with Gasteiger partial charge in [-0.3, -0.25) is 0 Å². The normalized spacial score (nSPS) is 15.2. The zero-order valence-electron chi connectivity index (χ0n) is 13.8. The first kappa shape index (κ1) is 15.7. The van der Waals surface area contributed by atoms with Crippen LogP contribution >= 0.6 is 0 Å². The molecule has 7 heteroatoms. The molecule has 0 unspecified atom stereocenters. The van der Waals surface area contributed by atoms with Gasteiger partial charge in [-0.25, -0.2) is 15.0 Å². The molecule has 1 fully saturated rings. The first-order valence-corrected chi connectivity index (χ1v) is 8.11. The number of morpholine rings is 1. The third kappa shape index (κ3) is 4.19. The van der Waals surface area contributed by atoms with Gasteiger partial charge in [-0.05, 0) is 5.92 Å². The number of imidazole rings is 1. The van der Waals surface area contributed by atoms with Crippen LogP contribution in [-0.2, 0) is 17.8 Å². The van der Waals surface area contributed by atoms with Crippen LogP contribution < -0.4 is 10.2 Å². The highest BCUT2D eigenvalue weighted by Crippen LogP contribution is 2.16. The summed E-state index contributed by atoms with van der Waals surface area (Å²) in [7, 11) is 0. The fourth-order valence-electron chi connectivity index (χ4n) is 2.65. The molecule has 0 bridgehead atoms. The van der Waals surface area contributed by atoms with E-state index in [4.69, 9.17) is 4.74 Å². The number of nitrogens with zero attached hydrogens (tertiary/aromatic N) is 5. The van der Waals surface area contributed by atoms with Crippen molar-refractivity contribution in [2.24, 2.45) is 5.92 Å². The second kappa shape index (κ2) is 7.41. The quantitative estimate of drug-likeness (QED) is 0.876. The highest BCUT2D eigenvalue weighted by atomic mass is 16.5. The Morgan fingerprint density at radius 3 is 2.83 bits per heavy atom. The SMILES string of the molecule is CC(C)Cn1ccnc1CNc1cc(N2CCOCC2)ncn1. The molecule has 3 heterocycles. The van der Waals surface area contributed by atoms with Crippen molar-refractivity contribution in [2.75, 3.05) is 36.5 Å². The van der Waals surface area contributed by atoms with Crippen LogP contribution in [0.2, 0.25) is 0 Å². The molecule has 23 heavy (non-hydrogen) atoms. The number of ether oxygens (including phenoxy) is 1. The van der Waals surface area contributed by atoms with E-state index in [0.29, 0.717) is 12.5 Å². The molecule has 1 saturated heterocycles. The van der Waals surface area contributed by atoms with Gasteiger partial charge in [0, 0.05) is 38.1 Å². The highest BCUT2D eigenvalue weighted by molar-refractivity contribution is 5.48. The van der Waals surface area contributed by atoms with Crippen LogP contribution in [0.3, 0.4) is 0 Å². The van der Waals surface area contributed by atoms with Crippen LogP contribution in [-0.4, -0.2) is 45.8 Å². The number of nitrogens with one attached hydrogen (secondary N) is 1. The van der Waals surface area contributed by atoms with Gasteiger partial charge in [0.1, 0.15) is 23.8 Å². The number of hydrogen-bond donors (Lipinski definition) is 1. The summed E-state index contributed by atoms with van der Waals surface area (Å²) in [5.74, 6) is 3.37. The number of aromatic nitrogens is 4. The minimum absolute atomic E-state index is 0.593. The van der Waals surface area contributed by atoms with E-state index in [9.17, 15) is 0 Å². The summed E-state index contributed by atoms with van der Waals surface area (Å²) in [6.07, 6.45) is 5.47. The number of hydrogen-bond acceptors (Lipinski definition) is 6. The van der Waals surface area contributed by atoms with Crippen LogP contribution in [0, 0.1) is 5.92 Å². The maximum atomic E-state index is 5.38. The molecule has 0 amide bonds. The molecule has 3 rings (SSSR count). The number of rotatable bonds is 6. The second-order valence-electron chi connectivity index (χ2n) is 6.10. The van der Waals surface area contributed by atoms with Gasteiger partial charge in [0.2, 0.25) is 0 Å². The van der Waals surface area contributed by atoms with Gasteiger partial charge in [0.25, 0.3) is 0 Å². The van der Waals surface area contributed by atoms with Crippen LogP contribution in [0.4, 0.5) is 11.6 Å². The van der Waals surface area contributed by atoms with E-state index in [0.717, 1.165) is 50.3 Å². The maximum absolute atomic E-state index is 5.38. The summed E-state index contributed by atoms with van der Waals surface area (Å²) in [5, 5.41) is 3.35. The lowest BCUT2D eigenvalue weighted by molar-refractivity contribution is 0.122. The lowest BCUT2D eigenvalue weighted by atomic mass is 10.2. The van der Waals surface area contributed by atoms with Gasteiger partial charge in [0.05, 0.1) is 19.8 Å². The molecule has 2 aromatic rings. The second-order valence-corrected chi connectivity index (χ2v) is 6.10. The van der Waals surface area contributed by atoms with Crippen LogP contribution in [0.15, 0.2) is 24.8 Å². The van der Waals surface area contributed by atoms with Gasteiger partial charge in [-0.2, -0.15) is 0 Å². The van der Waals surface area contributed by atoms with Gasteiger partial charge in [-0.1, -0.05) is 13.8 Å². The van der Waals surface area contributed by atoms with Crippen LogP contribution in [0.1, 0.15) is 19.7 Å². The molecule has 1 N–H and O–H groups in total. The zero-order valence-corrected chi connectivity index (χ0v) is 13.8. The Morgan fingerprint density at radius 2 is 2.04 bits per heavy atom. The van der Waals surface area contributed by atoms with Crippen molar-refractivity contribution in [3.05, 3.63) is 30.6 Å². The molecule has 0 aliphatic carbocycles. The molecule has 0 spiro atoms. The Bertz CT molecular complexity index is 621. The smallest absolute Gasteiger partial charge is 0.134 e. The molecule has 1 aliphatic heterocycles. The summed E-state index contributed by atoms with van der Waals surface area (Å²) >= 11 is 0. The third-order valence-corrected chi connectivity index (χ3v) is 3.78. The zero-order chi connectivity index (χ0) is 16.1. The average Bonchev–Trinajstić information content (AvgIpc) is 3.00. The fourth-order valence-corrected chi connectivity index (χ4v) is 2.65. The van der Waals surface area contributed by atoms with E-state index in [1.807, 2.05) is 18.5 Å². The van der Waals surface area contributed by atoms with Crippen molar-refractivity contribution in [1.29, 1.82) is 0 Å². The van der Waals surface area contributed by atoms with Crippen LogP contribution in [0.5, 0.6) is 0 Å². The molecule has 0 radical (unpaired) electrons. The molecule has 2 aromatic heterocycles. The Balaban J connectivity index is 1.63. The Kier molecular flexibility index (Phi) is 5.07. The van der Waals surface area contributed by atoms with E-state index >= 15 is 0 Å². The summed E-state index contributed by atoms with van der Waals surface area (Å²) in [6, 6.07) is 1.99. The summed E-state index contributed by atoms with van der Waals surface area (Å²) in [6.45, 7) is 9.27. The largest absolute Gasteiger partial charge is 0.378 e. The van der Waals surface area contributed by atoms with E-state index in [-0.39, 0.29) is 0 Å². The van der Waals surface area contributed by atoms with Gasteiger partial charge >= 0.3 is 0 Å². The summed E-state index contributed by atoms with van der Waals surface area (Å²) < 4.78 is 7.56. The van der Waals surface area contributed by atoms with Crippen molar-refractivity contribution >= 4 is 11.6 Å². The van der Waals surface area contributed by atoms with Gasteiger partial charge in [-0.15, -0.1) is 0 Å². The minimum Gasteiger partial charge on any atom is -0.378 e. The highest BCUT2D eigenvalue weighted by Gasteiger charge is 2.13. The molecule has 0 atom stereocenters. The van der Waals surface area contributed by atoms with Crippen molar-refractivity contribution in [3.63, 3.8) is 0 Å². The average molecular weight is 316 g/mol. The van der Waals surface area contributed by atoms with E-state index in [1.54, 1.807) is 6.33 Å². The summed E-state index contributed by atoms with van der Waals surface area (Å²) in [4.78, 5) is 15.3. The minimum atomic E-state index is 0.593. The van der Waals surface area contributed by atoms with E-state index in [1.165, 1.54) is 0 Å². The van der Waals surface area contributed by atoms with Crippen molar-refractivity contribution in [3.8, 4) is 0 Å².